The normalized spacial score (nSPS) is 25.0. The zero-order valence-electron chi connectivity index (χ0n) is 9.09. The van der Waals surface area contributed by atoms with Crippen molar-refractivity contribution in [2.45, 2.75) is 52.2 Å². The van der Waals surface area contributed by atoms with Gasteiger partial charge < -0.3 is 10.0 Å². The van der Waals surface area contributed by atoms with Crippen LogP contribution in [-0.4, -0.2) is 35.2 Å². The molecule has 1 aliphatic heterocycles. The zero-order chi connectivity index (χ0) is 9.78. The molecule has 1 N–H and O–H groups in total. The quantitative estimate of drug-likeness (QED) is 0.654. The van der Waals surface area contributed by atoms with Gasteiger partial charge in [-0.2, -0.15) is 0 Å². The summed E-state index contributed by atoms with van der Waals surface area (Å²) in [5.41, 5.74) is -0.523. The van der Waals surface area contributed by atoms with Crippen molar-refractivity contribution in [3.05, 3.63) is 0 Å². The van der Waals surface area contributed by atoms with Crippen LogP contribution in [0.1, 0.15) is 40.5 Å². The summed E-state index contributed by atoms with van der Waals surface area (Å²) in [5.74, 6) is 0. The van der Waals surface area contributed by atoms with Crippen LogP contribution in [0.15, 0.2) is 0 Å². The van der Waals surface area contributed by atoms with Crippen LogP contribution < -0.4 is 0 Å². The Labute approximate surface area is 76.6 Å². The molecule has 1 saturated heterocycles. The molecule has 0 aromatic heterocycles. The van der Waals surface area contributed by atoms with Gasteiger partial charge in [0.1, 0.15) is 0 Å². The first kappa shape index (κ1) is 11.9. The molecule has 1 heterocycles. The topological polar surface area (TPSA) is 23.5 Å². The second kappa shape index (κ2) is 4.83. The molecule has 0 aliphatic carbocycles. The summed E-state index contributed by atoms with van der Waals surface area (Å²) in [4.78, 5) is 2.24. The van der Waals surface area contributed by atoms with Crippen molar-refractivity contribution in [2.24, 2.45) is 0 Å². The van der Waals surface area contributed by atoms with Gasteiger partial charge in [0, 0.05) is 6.04 Å². The highest BCUT2D eigenvalue weighted by atomic mass is 16.3. The highest BCUT2D eigenvalue weighted by molar-refractivity contribution is 4.88. The maximum Gasteiger partial charge on any atom is 0.0746 e. The third kappa shape index (κ3) is 3.11. The first-order chi connectivity index (χ1) is 5.52. The van der Waals surface area contributed by atoms with Crippen LogP contribution >= 0.6 is 0 Å². The standard InChI is InChI=1S/C8H17NO.C2H6/c1-8(2,10)7-5-4-6-9(7)3;1-2/h7,10H,4-6H2,1-3H3;1-2H3. The maximum atomic E-state index is 9.65. The number of nitrogens with zero attached hydrogens (tertiary/aromatic N) is 1. The van der Waals surface area contributed by atoms with Crippen LogP contribution in [-0.2, 0) is 0 Å². The van der Waals surface area contributed by atoms with Gasteiger partial charge in [-0.05, 0) is 40.3 Å². The smallest absolute Gasteiger partial charge is 0.0746 e. The SMILES string of the molecule is CC.CN1CCCC1C(C)(C)O. The van der Waals surface area contributed by atoms with Crippen molar-refractivity contribution in [3.8, 4) is 0 Å². The molecule has 2 nitrogen and oxygen atoms in total. The molecule has 0 saturated carbocycles. The van der Waals surface area contributed by atoms with E-state index in [1.807, 2.05) is 27.7 Å². The summed E-state index contributed by atoms with van der Waals surface area (Å²) >= 11 is 0. The molecule has 1 unspecified atom stereocenters. The molecular weight excluding hydrogens is 150 g/mol. The lowest BCUT2D eigenvalue weighted by molar-refractivity contribution is 0.00607. The first-order valence-electron chi connectivity index (χ1n) is 4.94. The molecule has 0 bridgehead atoms. The zero-order valence-corrected chi connectivity index (χ0v) is 9.09. The van der Waals surface area contributed by atoms with Crippen molar-refractivity contribution >= 4 is 0 Å². The molecule has 0 aromatic carbocycles. The first-order valence-corrected chi connectivity index (χ1v) is 4.94. The maximum absolute atomic E-state index is 9.65. The Morgan fingerprint density at radius 2 is 1.83 bits per heavy atom. The Hall–Kier alpha value is -0.0800. The van der Waals surface area contributed by atoms with E-state index < -0.39 is 5.60 Å². The summed E-state index contributed by atoms with van der Waals surface area (Å²) in [6, 6.07) is 0.368. The van der Waals surface area contributed by atoms with E-state index in [2.05, 4.69) is 11.9 Å². The Balaban J connectivity index is 0.000000561. The average Bonchev–Trinajstić information content (AvgIpc) is 2.38. The van der Waals surface area contributed by atoms with Crippen LogP contribution in [0.25, 0.3) is 0 Å². The fourth-order valence-corrected chi connectivity index (χ4v) is 1.80. The van der Waals surface area contributed by atoms with Crippen molar-refractivity contribution in [1.29, 1.82) is 0 Å². The number of likely N-dealkylation sites (tertiary alicyclic amines) is 1. The molecule has 2 heteroatoms. The van der Waals surface area contributed by atoms with Crippen LogP contribution in [0.4, 0.5) is 0 Å². The third-order valence-electron chi connectivity index (χ3n) is 2.34. The summed E-state index contributed by atoms with van der Waals surface area (Å²) < 4.78 is 0. The average molecular weight is 173 g/mol. The van der Waals surface area contributed by atoms with E-state index in [0.29, 0.717) is 6.04 Å². The van der Waals surface area contributed by atoms with E-state index in [1.54, 1.807) is 0 Å². The molecule has 74 valence electrons. The fourth-order valence-electron chi connectivity index (χ4n) is 1.80. The van der Waals surface area contributed by atoms with Crippen molar-refractivity contribution in [2.75, 3.05) is 13.6 Å². The summed E-state index contributed by atoms with van der Waals surface area (Å²) in [6.07, 6.45) is 2.37. The van der Waals surface area contributed by atoms with Gasteiger partial charge in [0.05, 0.1) is 5.60 Å². The van der Waals surface area contributed by atoms with Gasteiger partial charge >= 0.3 is 0 Å². The Morgan fingerprint density at radius 1 is 1.33 bits per heavy atom. The highest BCUT2D eigenvalue weighted by Crippen LogP contribution is 2.24. The Bertz CT molecular complexity index is 117. The summed E-state index contributed by atoms with van der Waals surface area (Å²) in [7, 11) is 2.08. The number of likely N-dealkylation sites (N-methyl/N-ethyl adjacent to an activating group) is 1. The number of aliphatic hydroxyl groups is 1. The fraction of sp³-hybridized carbons (Fsp3) is 1.00. The third-order valence-corrected chi connectivity index (χ3v) is 2.34. The lowest BCUT2D eigenvalue weighted by Crippen LogP contribution is -2.43. The molecule has 1 fully saturated rings. The van der Waals surface area contributed by atoms with Crippen LogP contribution in [0.5, 0.6) is 0 Å². The van der Waals surface area contributed by atoms with E-state index in [-0.39, 0.29) is 0 Å². The monoisotopic (exact) mass is 173 g/mol. The molecule has 1 aliphatic rings. The molecule has 12 heavy (non-hydrogen) atoms. The summed E-state index contributed by atoms with van der Waals surface area (Å²) in [5, 5.41) is 9.65. The predicted octanol–water partition coefficient (Wildman–Crippen LogP) is 1.88. The van der Waals surface area contributed by atoms with E-state index in [9.17, 15) is 5.11 Å². The molecule has 0 amide bonds. The minimum Gasteiger partial charge on any atom is -0.389 e. The Morgan fingerprint density at radius 3 is 2.00 bits per heavy atom. The van der Waals surface area contributed by atoms with Crippen LogP contribution in [0.3, 0.4) is 0 Å². The van der Waals surface area contributed by atoms with Gasteiger partial charge in [-0.1, -0.05) is 13.8 Å². The number of hydrogen-bond donors (Lipinski definition) is 1. The molecule has 0 spiro atoms. The van der Waals surface area contributed by atoms with Gasteiger partial charge in [0.15, 0.2) is 0 Å². The second-order valence-electron chi connectivity index (χ2n) is 3.79. The van der Waals surface area contributed by atoms with Gasteiger partial charge in [0.25, 0.3) is 0 Å². The van der Waals surface area contributed by atoms with Gasteiger partial charge in [-0.25, -0.2) is 0 Å². The van der Waals surface area contributed by atoms with Gasteiger partial charge in [-0.15, -0.1) is 0 Å². The minimum atomic E-state index is -0.523. The van der Waals surface area contributed by atoms with E-state index >= 15 is 0 Å². The van der Waals surface area contributed by atoms with E-state index in [4.69, 9.17) is 0 Å². The molecular formula is C10H23NO. The van der Waals surface area contributed by atoms with E-state index in [0.717, 1.165) is 13.0 Å². The van der Waals surface area contributed by atoms with Crippen LogP contribution in [0, 0.1) is 0 Å². The number of hydrogen-bond acceptors (Lipinski definition) is 2. The summed E-state index contributed by atoms with van der Waals surface area (Å²) in [6.45, 7) is 8.91. The van der Waals surface area contributed by atoms with Crippen molar-refractivity contribution in [1.82, 2.24) is 4.90 Å². The van der Waals surface area contributed by atoms with Crippen LogP contribution in [0.2, 0.25) is 0 Å². The predicted molar refractivity (Wildman–Crippen MR) is 53.3 cm³/mol. The molecule has 1 rings (SSSR count). The highest BCUT2D eigenvalue weighted by Gasteiger charge is 2.33. The Kier molecular flexibility index (Phi) is 4.80. The lowest BCUT2D eigenvalue weighted by Gasteiger charge is -2.31. The second-order valence-corrected chi connectivity index (χ2v) is 3.79. The molecule has 1 atom stereocenters. The van der Waals surface area contributed by atoms with Gasteiger partial charge in [0.2, 0.25) is 0 Å². The molecule has 0 aromatic rings. The largest absolute Gasteiger partial charge is 0.389 e. The van der Waals surface area contributed by atoms with E-state index in [1.165, 1.54) is 6.42 Å². The lowest BCUT2D eigenvalue weighted by atomic mass is 9.97. The number of rotatable bonds is 1. The minimum absolute atomic E-state index is 0.368. The van der Waals surface area contributed by atoms with Crippen molar-refractivity contribution < 1.29 is 5.11 Å². The van der Waals surface area contributed by atoms with Crippen molar-refractivity contribution in [3.63, 3.8) is 0 Å². The molecule has 0 radical (unpaired) electrons. The van der Waals surface area contributed by atoms with Gasteiger partial charge in [-0.3, -0.25) is 0 Å².